The van der Waals surface area contributed by atoms with Crippen LogP contribution in [0.3, 0.4) is 0 Å². The van der Waals surface area contributed by atoms with Crippen LogP contribution in [-0.4, -0.2) is 0 Å². The van der Waals surface area contributed by atoms with Crippen LogP contribution in [-0.2, 0) is 5.41 Å². The highest BCUT2D eigenvalue weighted by atomic mass is 16.3. The van der Waals surface area contributed by atoms with E-state index in [-0.39, 0.29) is 5.41 Å². The summed E-state index contributed by atoms with van der Waals surface area (Å²) in [5.74, 6) is 0. The van der Waals surface area contributed by atoms with E-state index in [2.05, 4.69) is 195 Å². The molecule has 0 aliphatic heterocycles. The average Bonchev–Trinajstić information content (AvgIpc) is 3.73. The van der Waals surface area contributed by atoms with Gasteiger partial charge in [-0.1, -0.05) is 159 Å². The highest BCUT2D eigenvalue weighted by Gasteiger charge is 2.38. The van der Waals surface area contributed by atoms with Gasteiger partial charge in [0.15, 0.2) is 5.58 Å². The minimum atomic E-state index is -0.132. The molecule has 2 nitrogen and oxygen atoms in total. The van der Waals surface area contributed by atoms with E-state index in [1.54, 1.807) is 0 Å². The van der Waals surface area contributed by atoms with Gasteiger partial charge in [0, 0.05) is 33.0 Å². The Morgan fingerprint density at radius 3 is 1.72 bits per heavy atom. The molecule has 1 aliphatic rings. The topological polar surface area (TPSA) is 16.4 Å². The van der Waals surface area contributed by atoms with Gasteiger partial charge in [0.1, 0.15) is 5.58 Å². The lowest BCUT2D eigenvalue weighted by Crippen LogP contribution is -2.16. The smallest absolute Gasteiger partial charge is 0.160 e. The predicted octanol–water partition coefficient (Wildman–Crippen LogP) is 14.4. The normalized spacial score (nSPS) is 13.2. The van der Waals surface area contributed by atoms with Gasteiger partial charge < -0.3 is 9.32 Å². The Hall–Kier alpha value is -6.64. The van der Waals surface area contributed by atoms with E-state index in [1.807, 2.05) is 0 Å². The van der Waals surface area contributed by atoms with Gasteiger partial charge in [-0.15, -0.1) is 0 Å². The van der Waals surface area contributed by atoms with Crippen LogP contribution in [0.5, 0.6) is 0 Å². The Morgan fingerprint density at radius 2 is 0.981 bits per heavy atom. The van der Waals surface area contributed by atoms with E-state index >= 15 is 0 Å². The van der Waals surface area contributed by atoms with Gasteiger partial charge in [-0.25, -0.2) is 0 Å². The summed E-state index contributed by atoms with van der Waals surface area (Å²) < 4.78 is 7.31. The van der Waals surface area contributed by atoms with Crippen LogP contribution >= 0.6 is 0 Å². The molecule has 53 heavy (non-hydrogen) atoms. The van der Waals surface area contributed by atoms with Gasteiger partial charge in [-0.3, -0.25) is 0 Å². The number of furan rings is 1. The fourth-order valence-electron chi connectivity index (χ4n) is 9.15. The molecule has 2 heteroatoms. The summed E-state index contributed by atoms with van der Waals surface area (Å²) in [6.07, 6.45) is 0. The van der Waals surface area contributed by atoms with Crippen molar-refractivity contribution in [2.75, 3.05) is 4.90 Å². The zero-order chi connectivity index (χ0) is 35.3. The van der Waals surface area contributed by atoms with Crippen molar-refractivity contribution >= 4 is 60.5 Å². The number of hydrogen-bond acceptors (Lipinski definition) is 2. The third kappa shape index (κ3) is 4.27. The quantitative estimate of drug-likeness (QED) is 0.169. The van der Waals surface area contributed by atoms with Crippen molar-refractivity contribution in [3.63, 3.8) is 0 Å². The van der Waals surface area contributed by atoms with E-state index in [0.717, 1.165) is 39.4 Å². The molecule has 0 saturated heterocycles. The first-order valence-electron chi connectivity index (χ1n) is 18.4. The summed E-state index contributed by atoms with van der Waals surface area (Å²) in [5, 5.41) is 7.26. The summed E-state index contributed by atoms with van der Waals surface area (Å²) in [5.41, 5.74) is 14.8. The van der Waals surface area contributed by atoms with E-state index in [9.17, 15) is 0 Å². The maximum Gasteiger partial charge on any atom is 0.160 e. The van der Waals surface area contributed by atoms with E-state index in [0.29, 0.717) is 0 Å². The Balaban J connectivity index is 1.25. The number of hydrogen-bond donors (Lipinski definition) is 0. The number of benzene rings is 9. The van der Waals surface area contributed by atoms with E-state index < -0.39 is 0 Å². The molecule has 0 atom stereocenters. The first-order valence-corrected chi connectivity index (χ1v) is 18.4. The van der Waals surface area contributed by atoms with Crippen molar-refractivity contribution in [1.29, 1.82) is 0 Å². The Morgan fingerprint density at radius 1 is 0.396 bits per heavy atom. The third-order valence-electron chi connectivity index (χ3n) is 11.6. The van der Waals surface area contributed by atoms with Crippen LogP contribution in [0, 0.1) is 0 Å². The molecule has 10 aromatic rings. The Kier molecular flexibility index (Phi) is 6.33. The van der Waals surface area contributed by atoms with Crippen molar-refractivity contribution in [3.05, 3.63) is 187 Å². The lowest BCUT2D eigenvalue weighted by Gasteiger charge is -2.29. The average molecular weight is 678 g/mol. The van der Waals surface area contributed by atoms with Gasteiger partial charge in [0.2, 0.25) is 0 Å². The van der Waals surface area contributed by atoms with Gasteiger partial charge in [0.05, 0.1) is 11.4 Å². The second-order valence-electron chi connectivity index (χ2n) is 14.8. The molecular weight excluding hydrogens is 643 g/mol. The molecule has 0 fully saturated rings. The number of nitrogens with zero attached hydrogens (tertiary/aromatic N) is 1. The highest BCUT2D eigenvalue weighted by Crippen LogP contribution is 2.56. The fourth-order valence-corrected chi connectivity index (χ4v) is 9.15. The summed E-state index contributed by atoms with van der Waals surface area (Å²) in [7, 11) is 0. The van der Waals surface area contributed by atoms with Crippen LogP contribution in [0.25, 0.3) is 76.9 Å². The van der Waals surface area contributed by atoms with Crippen molar-refractivity contribution < 1.29 is 4.42 Å². The van der Waals surface area contributed by atoms with Gasteiger partial charge >= 0.3 is 0 Å². The maximum atomic E-state index is 7.31. The lowest BCUT2D eigenvalue weighted by molar-refractivity contribution is 0.660. The molecule has 0 unspecified atom stereocenters. The zero-order valence-electron chi connectivity index (χ0n) is 29.6. The van der Waals surface area contributed by atoms with Crippen LogP contribution in [0.1, 0.15) is 25.0 Å². The second kappa shape index (κ2) is 11.2. The van der Waals surface area contributed by atoms with Crippen molar-refractivity contribution in [3.8, 4) is 33.4 Å². The molecule has 250 valence electrons. The molecule has 0 N–H and O–H groups in total. The first-order chi connectivity index (χ1) is 26.1. The third-order valence-corrected chi connectivity index (χ3v) is 11.6. The summed E-state index contributed by atoms with van der Waals surface area (Å²) in [6.45, 7) is 4.70. The summed E-state index contributed by atoms with van der Waals surface area (Å²) >= 11 is 0. The lowest BCUT2D eigenvalue weighted by atomic mass is 9.82. The van der Waals surface area contributed by atoms with Crippen molar-refractivity contribution in [2.24, 2.45) is 0 Å². The van der Waals surface area contributed by atoms with Crippen LogP contribution < -0.4 is 4.90 Å². The minimum absolute atomic E-state index is 0.132. The first kappa shape index (κ1) is 30.0. The van der Waals surface area contributed by atoms with Crippen LogP contribution in [0.4, 0.5) is 17.1 Å². The molecule has 0 amide bonds. The van der Waals surface area contributed by atoms with Crippen molar-refractivity contribution in [1.82, 2.24) is 0 Å². The molecule has 0 bridgehead atoms. The molecule has 9 aromatic carbocycles. The number of rotatable bonds is 5. The monoisotopic (exact) mass is 677 g/mol. The molecule has 0 spiro atoms. The Bertz CT molecular complexity index is 3010. The van der Waals surface area contributed by atoms with Gasteiger partial charge in [-0.2, -0.15) is 0 Å². The second-order valence-corrected chi connectivity index (χ2v) is 14.8. The highest BCUT2D eigenvalue weighted by molar-refractivity contribution is 6.35. The fraction of sp³-hybridized carbons (Fsp3) is 0.0588. The van der Waals surface area contributed by atoms with Crippen LogP contribution in [0.15, 0.2) is 180 Å². The molecular formula is C51H35NO. The molecule has 0 saturated carbocycles. The predicted molar refractivity (Wildman–Crippen MR) is 223 cm³/mol. The van der Waals surface area contributed by atoms with E-state index in [1.165, 1.54) is 65.7 Å². The molecule has 1 aromatic heterocycles. The van der Waals surface area contributed by atoms with Gasteiger partial charge in [-0.05, 0) is 85.3 Å². The Labute approximate surface area is 308 Å². The van der Waals surface area contributed by atoms with Crippen molar-refractivity contribution in [2.45, 2.75) is 19.3 Å². The van der Waals surface area contributed by atoms with E-state index in [4.69, 9.17) is 4.42 Å². The zero-order valence-corrected chi connectivity index (χ0v) is 29.6. The molecule has 11 rings (SSSR count). The van der Waals surface area contributed by atoms with Crippen LogP contribution in [0.2, 0.25) is 0 Å². The summed E-state index contributed by atoms with van der Waals surface area (Å²) in [6, 6.07) is 63.9. The molecule has 1 heterocycles. The number of anilines is 3. The maximum absolute atomic E-state index is 7.31. The number of fused-ring (bicyclic) bond motifs is 6. The standard InChI is InChI=1S/C51H35NO/c1-51(2)42-21-12-11-20-41(42)46-43(51)22-13-23-44(46)52(35-26-24-33(25-27-35)32-14-5-3-6-15-32)45-31-30-40-38-19-10-9-18-37(38)39-29-28-36(34-16-7-4-8-17-34)49-47(39)48(40)50(45)53-49/h3-31H,1-2H3. The molecule has 0 radical (unpaired) electrons. The molecule has 1 aliphatic carbocycles. The SMILES string of the molecule is CC1(C)c2ccccc2-c2c(N(c3ccc(-c4ccccc4)cc3)c3ccc4c5ccccc5c5ccc(-c6ccccc6)c6oc3c4c65)cccc21. The summed E-state index contributed by atoms with van der Waals surface area (Å²) in [4.78, 5) is 2.44. The minimum Gasteiger partial charge on any atom is -0.453 e. The van der Waals surface area contributed by atoms with Gasteiger partial charge in [0.25, 0.3) is 0 Å². The largest absolute Gasteiger partial charge is 0.453 e.